The number of imidazole rings is 4. The van der Waals surface area contributed by atoms with Crippen molar-refractivity contribution in [1.82, 2.24) is 97.7 Å². The molecule has 0 spiro atoms. The van der Waals surface area contributed by atoms with E-state index in [0.717, 1.165) is 95.5 Å². The summed E-state index contributed by atoms with van der Waals surface area (Å²) in [6.45, 7) is 28.2. The van der Waals surface area contributed by atoms with Gasteiger partial charge < -0.3 is 59.1 Å². The van der Waals surface area contributed by atoms with E-state index < -0.39 is 0 Å². The van der Waals surface area contributed by atoms with Gasteiger partial charge in [-0.25, -0.2) is 63.4 Å². The van der Waals surface area contributed by atoms with Crippen molar-refractivity contribution in [3.8, 4) is 22.7 Å². The van der Waals surface area contributed by atoms with Crippen LogP contribution in [0.1, 0.15) is 204 Å². The number of halogens is 2. The lowest BCUT2D eigenvalue weighted by Crippen LogP contribution is -2.38. The van der Waals surface area contributed by atoms with Crippen molar-refractivity contribution < 1.29 is 23.6 Å². The molecular formula is C99H120ClFN28O4. The molecule has 4 saturated heterocycles. The van der Waals surface area contributed by atoms with E-state index in [-0.39, 0.29) is 77.3 Å². The number of nitrogens with zero attached hydrogens (tertiary/aromatic N) is 24. The Bertz CT molecular complexity index is 6020. The summed E-state index contributed by atoms with van der Waals surface area (Å²) in [5, 5.41) is 14.3. The number of anilines is 8. The number of hydrogen-bond donors (Lipinski definition) is 4. The molecule has 20 rings (SSSR count). The van der Waals surface area contributed by atoms with Gasteiger partial charge in [-0.05, 0) is 202 Å². The Morgan fingerprint density at radius 3 is 1.17 bits per heavy atom. The molecule has 8 fully saturated rings. The van der Waals surface area contributed by atoms with Crippen molar-refractivity contribution in [3.05, 3.63) is 240 Å². The SMILES string of the molecule is CC(C)[C@H]1CN(C)C(=O)N1c1ccnc(NC2(c3cn(-c4cc(F)cc(C5CC5)c4)cn3)CC2)n1.CC(C)[C@H]1CN(C)C(=O)N1c1ccnc(NC2(c3cn(-c4ccccc4Cl)cn3)CC2)n1.CC(C)[C@H]1CN(C)C(=O)N1c1ccnc(N[C@@H](C)c2cn(-c3cccc(C4CC4)c3)cn2)n1.CC(C)c1cccc(-n2cnc([C@H](C)Nc3nccc(N4C(=O)N(C)C[C@@H]4C(C)C)n3)c2)c1. The minimum atomic E-state index is -0.361. The summed E-state index contributed by atoms with van der Waals surface area (Å²) in [6, 6.07) is 37.2. The molecule has 694 valence electrons. The smallest absolute Gasteiger partial charge is 0.325 e. The number of rotatable bonds is 27. The summed E-state index contributed by atoms with van der Waals surface area (Å²) >= 11 is 6.34. The summed E-state index contributed by atoms with van der Waals surface area (Å²) < 4.78 is 22.1. The summed E-state index contributed by atoms with van der Waals surface area (Å²) in [6.07, 6.45) is 30.5. The zero-order valence-electron chi connectivity index (χ0n) is 78.5. The minimum Gasteiger partial charge on any atom is -0.346 e. The summed E-state index contributed by atoms with van der Waals surface area (Å²) in [5.41, 5.74) is 10.5. The van der Waals surface area contributed by atoms with Crippen molar-refractivity contribution >= 4 is 82.8 Å². The molecule has 8 amide bonds. The summed E-state index contributed by atoms with van der Waals surface area (Å²) in [5.74, 6) is 7.10. The number of aromatic nitrogens is 16. The van der Waals surface area contributed by atoms with Gasteiger partial charge in [0.15, 0.2) is 0 Å². The van der Waals surface area contributed by atoms with Gasteiger partial charge in [-0.1, -0.05) is 117 Å². The first kappa shape index (κ1) is 91.4. The number of nitrogens with one attached hydrogen (secondary N) is 4. The Morgan fingerprint density at radius 1 is 0.383 bits per heavy atom. The second kappa shape index (κ2) is 38.0. The Labute approximate surface area is 781 Å². The van der Waals surface area contributed by atoms with Crippen LogP contribution in [-0.2, 0) is 11.1 Å². The van der Waals surface area contributed by atoms with Crippen molar-refractivity contribution in [1.29, 1.82) is 0 Å². The van der Waals surface area contributed by atoms with Crippen molar-refractivity contribution in [2.45, 2.75) is 200 Å². The fraction of sp³-hybridized carbons (Fsp3) is 0.434. The molecule has 4 aliphatic heterocycles. The lowest BCUT2D eigenvalue weighted by atomic mass is 10.0. The molecule has 34 heteroatoms. The molecule has 0 bridgehead atoms. The molecule has 133 heavy (non-hydrogen) atoms. The van der Waals surface area contributed by atoms with Gasteiger partial charge in [0.25, 0.3) is 0 Å². The fourth-order valence-electron chi connectivity index (χ4n) is 17.7. The topological polar surface area (TPSA) is 317 Å². The lowest BCUT2D eigenvalue weighted by Gasteiger charge is -2.25. The first-order chi connectivity index (χ1) is 63.8. The maximum Gasteiger partial charge on any atom is 0.325 e. The quantitative estimate of drug-likeness (QED) is 0.0372. The van der Waals surface area contributed by atoms with Crippen molar-refractivity contribution in [2.24, 2.45) is 23.7 Å². The van der Waals surface area contributed by atoms with Gasteiger partial charge in [0.05, 0.1) is 106 Å². The first-order valence-electron chi connectivity index (χ1n) is 46.4. The number of para-hydroxylation sites is 1. The molecule has 12 aromatic rings. The first-order valence-corrected chi connectivity index (χ1v) is 46.8. The minimum absolute atomic E-state index is 0.0291. The van der Waals surface area contributed by atoms with Crippen LogP contribution in [0.4, 0.5) is 70.6 Å². The molecular weight excluding hydrogens is 1700 g/mol. The monoisotopic (exact) mass is 1820 g/mol. The van der Waals surface area contributed by atoms with E-state index >= 15 is 0 Å². The van der Waals surface area contributed by atoms with Gasteiger partial charge in [0.1, 0.15) is 29.1 Å². The zero-order chi connectivity index (χ0) is 93.6. The second-order valence-corrected chi connectivity index (χ2v) is 38.7. The normalized spacial score (nSPS) is 19.4. The Kier molecular flexibility index (Phi) is 26.1. The Balaban J connectivity index is 0.000000124. The number of amides is 8. The zero-order valence-corrected chi connectivity index (χ0v) is 79.3. The van der Waals surface area contributed by atoms with Crippen LogP contribution in [0, 0.1) is 29.5 Å². The highest BCUT2D eigenvalue weighted by molar-refractivity contribution is 6.32. The highest BCUT2D eigenvalue weighted by Crippen LogP contribution is 2.50. The van der Waals surface area contributed by atoms with Crippen molar-refractivity contribution in [3.63, 3.8) is 0 Å². The van der Waals surface area contributed by atoms with Crippen LogP contribution in [0.2, 0.25) is 5.02 Å². The molecule has 8 aliphatic rings. The largest absolute Gasteiger partial charge is 0.346 e. The second-order valence-electron chi connectivity index (χ2n) is 38.3. The van der Waals surface area contributed by atoms with Gasteiger partial charge in [0.2, 0.25) is 23.8 Å². The number of likely N-dealkylation sites (N-methyl/N-ethyl adjacent to an activating group) is 4. The van der Waals surface area contributed by atoms with Crippen molar-refractivity contribution in [2.75, 3.05) is 95.2 Å². The van der Waals surface area contributed by atoms with Crippen LogP contribution in [0.3, 0.4) is 0 Å². The average molecular weight is 1820 g/mol. The van der Waals surface area contributed by atoms with E-state index in [9.17, 15) is 23.6 Å². The van der Waals surface area contributed by atoms with Gasteiger partial charge in [-0.15, -0.1) is 0 Å². The van der Waals surface area contributed by atoms with Crippen LogP contribution in [0.15, 0.2) is 190 Å². The van der Waals surface area contributed by atoms with E-state index in [2.05, 4.69) is 200 Å². The van der Waals surface area contributed by atoms with Crippen LogP contribution in [0.25, 0.3) is 22.7 Å². The predicted octanol–water partition coefficient (Wildman–Crippen LogP) is 18.5. The number of benzene rings is 4. The molecule has 32 nitrogen and oxygen atoms in total. The van der Waals surface area contributed by atoms with E-state index in [1.807, 2.05) is 117 Å². The standard InChI is InChI=1S/C26H30FN7O.C25H31N7O.C25H33N7O.C23H26ClN7O/c1-16(2)21-13-32(3)25(35)34(21)23-6-9-28-24(30-23)31-26(7-8-26)22-14-33(15-29-22)20-11-18(17-4-5-17)10-19(27)12-20;1-16(2)22-14-30(4)25(33)32(22)23-10-11-26-24(29-23)28-17(3)21-13-31(15-27-21)20-7-5-6-19(12-20)18-8-9-18;1-16(2)19-8-7-9-20(12-19)31-13-21(27-15-31)18(5)28-24-26-11-10-23(29-24)32-22(17(3)4)14-30(6)25(32)33;1-15(2)18-12-29(3)22(32)31(18)20-8-11-25-21(27-20)28-23(9-10-23)19-13-30(14-26-19)17-7-5-4-6-16(17)24/h6,9-12,14-17,21H,4-5,7-8,13H2,1-3H3,(H,28,30,31);5-7,10-13,15-18,22H,8-9,14H2,1-4H3,(H,26,28,29);7-13,15-18,22H,14H2,1-6H3,(H,26,28,29);4-8,11,13-15,18H,9-10,12H2,1-3H3,(H,25,27,28)/t21-;17-,22+;18-,22+;18-/m1001/s1. The van der Waals surface area contributed by atoms with Gasteiger partial charge in [-0.2, -0.15) is 19.9 Å². The third-order valence-corrected chi connectivity index (χ3v) is 26.8. The molecule has 4 aromatic carbocycles. The molecule has 0 unspecified atom stereocenters. The van der Waals surface area contributed by atoms with Gasteiger partial charge in [-0.3, -0.25) is 19.6 Å². The molecule has 8 aromatic heterocycles. The molecule has 4 aliphatic carbocycles. The van der Waals surface area contributed by atoms with Gasteiger partial charge in [0, 0.05) is 121 Å². The molecule has 0 radical (unpaired) electrons. The van der Waals surface area contributed by atoms with Crippen LogP contribution < -0.4 is 40.9 Å². The molecule has 12 heterocycles. The van der Waals surface area contributed by atoms with Crippen LogP contribution in [-0.4, -0.2) is 200 Å². The van der Waals surface area contributed by atoms with E-state index in [1.165, 1.54) is 24.0 Å². The highest BCUT2D eigenvalue weighted by atomic mass is 35.5. The van der Waals surface area contributed by atoms with Crippen LogP contribution >= 0.6 is 11.6 Å². The fourth-order valence-corrected chi connectivity index (χ4v) is 18.0. The summed E-state index contributed by atoms with van der Waals surface area (Å²) in [7, 11) is 7.30. The van der Waals surface area contributed by atoms with E-state index in [1.54, 1.807) is 113 Å². The number of urea groups is 4. The molecule has 4 saturated carbocycles. The highest BCUT2D eigenvalue weighted by Gasteiger charge is 2.50. The maximum atomic E-state index is 14.2. The number of carbonyl (C=O) groups excluding carboxylic acids is 4. The maximum absolute atomic E-state index is 14.2. The number of carbonyl (C=O) groups is 4. The average Bonchev–Trinajstić information content (AvgIpc) is 1.58. The predicted molar refractivity (Wildman–Crippen MR) is 515 cm³/mol. The van der Waals surface area contributed by atoms with Crippen LogP contribution in [0.5, 0.6) is 0 Å². The third kappa shape index (κ3) is 20.0. The summed E-state index contributed by atoms with van der Waals surface area (Å²) in [4.78, 5) is 120. The third-order valence-electron chi connectivity index (χ3n) is 26.5. The molecule has 6 atom stereocenters. The Hall–Kier alpha value is -13.5. The number of hydrogen-bond acceptors (Lipinski definition) is 20. The van der Waals surface area contributed by atoms with E-state index in [0.29, 0.717) is 114 Å². The van der Waals surface area contributed by atoms with Gasteiger partial charge >= 0.3 is 24.1 Å². The Morgan fingerprint density at radius 2 is 0.752 bits per heavy atom. The van der Waals surface area contributed by atoms with E-state index in [4.69, 9.17) is 21.6 Å². The lowest BCUT2D eigenvalue weighted by molar-refractivity contribution is 0.228. The molecule has 4 N–H and O–H groups in total.